The van der Waals surface area contributed by atoms with E-state index in [4.69, 9.17) is 13.7 Å². The third-order valence-electron chi connectivity index (χ3n) is 4.65. The Hall–Kier alpha value is -2.65. The van der Waals surface area contributed by atoms with Crippen molar-refractivity contribution in [3.63, 3.8) is 0 Å². The summed E-state index contributed by atoms with van der Waals surface area (Å²) < 4.78 is 52.6. The lowest BCUT2D eigenvalue weighted by atomic mass is 10.1. The van der Waals surface area contributed by atoms with E-state index in [2.05, 4.69) is 0 Å². The lowest BCUT2D eigenvalue weighted by molar-refractivity contribution is 0.0507. The van der Waals surface area contributed by atoms with Crippen molar-refractivity contribution in [2.24, 2.45) is 0 Å². The summed E-state index contributed by atoms with van der Waals surface area (Å²) in [5.74, 6) is -0.545. The number of nitrogens with zero attached hydrogens (tertiary/aromatic N) is 1. The van der Waals surface area contributed by atoms with Crippen LogP contribution in [0.3, 0.4) is 0 Å². The van der Waals surface area contributed by atoms with Crippen LogP contribution in [0, 0.1) is 5.82 Å². The zero-order valence-electron chi connectivity index (χ0n) is 16.8. The highest BCUT2D eigenvalue weighted by Gasteiger charge is 2.24. The monoisotopic (exact) mass is 437 g/mol. The molecule has 7 nitrogen and oxygen atoms in total. The molecule has 1 aliphatic heterocycles. The molecule has 0 saturated carbocycles. The molecular weight excluding hydrogens is 413 g/mol. The van der Waals surface area contributed by atoms with Gasteiger partial charge in [0.25, 0.3) is 5.91 Å². The maximum Gasteiger partial charge on any atom is 0.306 e. The normalized spacial score (nSPS) is 16.3. The van der Waals surface area contributed by atoms with Crippen LogP contribution in [0.1, 0.15) is 28.8 Å². The van der Waals surface area contributed by atoms with E-state index in [0.29, 0.717) is 18.7 Å². The Kier molecular flexibility index (Phi) is 6.94. The van der Waals surface area contributed by atoms with E-state index >= 15 is 0 Å². The fraction of sp³-hybridized carbons (Fsp3) is 0.381. The zero-order chi connectivity index (χ0) is 21.7. The fourth-order valence-electron chi connectivity index (χ4n) is 3.33. The predicted octanol–water partition coefficient (Wildman–Crippen LogP) is 2.99. The van der Waals surface area contributed by atoms with Gasteiger partial charge in [0.15, 0.2) is 11.5 Å². The van der Waals surface area contributed by atoms with Gasteiger partial charge in [-0.05, 0) is 48.7 Å². The Morgan fingerprint density at radius 1 is 1.23 bits per heavy atom. The van der Waals surface area contributed by atoms with E-state index in [-0.39, 0.29) is 35.6 Å². The average molecular weight is 437 g/mol. The van der Waals surface area contributed by atoms with Crippen LogP contribution in [-0.4, -0.2) is 51.8 Å². The fourth-order valence-corrected chi connectivity index (χ4v) is 3.78. The number of benzene rings is 2. The molecular formula is C21H24FNO6S. The predicted molar refractivity (Wildman–Crippen MR) is 109 cm³/mol. The molecule has 1 atom stereocenters. The van der Waals surface area contributed by atoms with Crippen molar-refractivity contribution >= 4 is 16.0 Å². The lowest BCUT2D eigenvalue weighted by Crippen LogP contribution is -2.37. The van der Waals surface area contributed by atoms with Gasteiger partial charge in [-0.1, -0.05) is 12.1 Å². The molecule has 0 aromatic heterocycles. The molecule has 2 aromatic rings. The maximum absolute atomic E-state index is 13.6. The Balaban J connectivity index is 1.88. The summed E-state index contributed by atoms with van der Waals surface area (Å²) in [4.78, 5) is 14.6. The maximum atomic E-state index is 13.6. The van der Waals surface area contributed by atoms with Crippen LogP contribution in [0.2, 0.25) is 0 Å². The minimum Gasteiger partial charge on any atom is -0.493 e. The van der Waals surface area contributed by atoms with Crippen molar-refractivity contribution in [1.82, 2.24) is 4.90 Å². The number of amides is 1. The molecule has 3 rings (SSSR count). The van der Waals surface area contributed by atoms with Gasteiger partial charge in [0, 0.05) is 25.3 Å². The number of rotatable bonds is 8. The number of methoxy groups -OCH3 is 1. The van der Waals surface area contributed by atoms with E-state index in [1.165, 1.54) is 31.4 Å². The average Bonchev–Trinajstić information content (AvgIpc) is 3.19. The van der Waals surface area contributed by atoms with Gasteiger partial charge in [0.2, 0.25) is 0 Å². The molecule has 1 saturated heterocycles. The summed E-state index contributed by atoms with van der Waals surface area (Å²) in [5.41, 5.74) is 0.867. The highest BCUT2D eigenvalue weighted by molar-refractivity contribution is 7.86. The third kappa shape index (κ3) is 5.93. The quantitative estimate of drug-likeness (QED) is 0.591. The molecule has 1 heterocycles. The van der Waals surface area contributed by atoms with E-state index in [9.17, 15) is 17.6 Å². The van der Waals surface area contributed by atoms with Gasteiger partial charge >= 0.3 is 10.1 Å². The van der Waals surface area contributed by atoms with Crippen molar-refractivity contribution < 1.29 is 31.3 Å². The van der Waals surface area contributed by atoms with Crippen LogP contribution in [0.25, 0.3) is 0 Å². The molecule has 0 N–H and O–H groups in total. The van der Waals surface area contributed by atoms with E-state index in [1.807, 2.05) is 0 Å². The SMILES string of the molecule is COc1ccc(CN(CC2CCCO2)C(=O)c2cccc(F)c2)cc1OS(C)(=O)=O. The topological polar surface area (TPSA) is 82.1 Å². The first-order valence-corrected chi connectivity index (χ1v) is 11.3. The minimum absolute atomic E-state index is 0.0350. The van der Waals surface area contributed by atoms with Crippen molar-refractivity contribution in [3.05, 3.63) is 59.4 Å². The van der Waals surface area contributed by atoms with Gasteiger partial charge < -0.3 is 18.6 Å². The molecule has 30 heavy (non-hydrogen) atoms. The van der Waals surface area contributed by atoms with Crippen LogP contribution >= 0.6 is 0 Å². The zero-order valence-corrected chi connectivity index (χ0v) is 17.7. The van der Waals surface area contributed by atoms with E-state index < -0.39 is 15.9 Å². The first-order chi connectivity index (χ1) is 14.2. The van der Waals surface area contributed by atoms with Gasteiger partial charge in [-0.2, -0.15) is 8.42 Å². The molecule has 1 amide bonds. The molecule has 1 unspecified atom stereocenters. The number of hydrogen-bond acceptors (Lipinski definition) is 6. The number of hydrogen-bond donors (Lipinski definition) is 0. The van der Waals surface area contributed by atoms with Crippen LogP contribution in [-0.2, 0) is 21.4 Å². The first kappa shape index (κ1) is 22.0. The molecule has 9 heteroatoms. The Bertz CT molecular complexity index is 1000. The second-order valence-electron chi connectivity index (χ2n) is 7.10. The molecule has 0 radical (unpaired) electrons. The summed E-state index contributed by atoms with van der Waals surface area (Å²) in [6, 6.07) is 10.3. The van der Waals surface area contributed by atoms with E-state index in [0.717, 1.165) is 19.1 Å². The lowest BCUT2D eigenvalue weighted by Gasteiger charge is -2.26. The van der Waals surface area contributed by atoms with E-state index in [1.54, 1.807) is 23.1 Å². The first-order valence-electron chi connectivity index (χ1n) is 9.48. The molecule has 2 aromatic carbocycles. The smallest absolute Gasteiger partial charge is 0.306 e. The highest BCUT2D eigenvalue weighted by Crippen LogP contribution is 2.30. The molecule has 1 aliphatic rings. The van der Waals surface area contributed by atoms with Gasteiger partial charge in [0.05, 0.1) is 19.5 Å². The molecule has 162 valence electrons. The van der Waals surface area contributed by atoms with Crippen LogP contribution < -0.4 is 8.92 Å². The van der Waals surface area contributed by atoms with Crippen LogP contribution in [0.15, 0.2) is 42.5 Å². The Morgan fingerprint density at radius 2 is 2.03 bits per heavy atom. The number of carbonyl (C=O) groups excluding carboxylic acids is 1. The van der Waals surface area contributed by atoms with Crippen molar-refractivity contribution in [2.75, 3.05) is 26.5 Å². The summed E-state index contributed by atoms with van der Waals surface area (Å²) in [7, 11) is -2.36. The summed E-state index contributed by atoms with van der Waals surface area (Å²) in [6.07, 6.45) is 2.59. The van der Waals surface area contributed by atoms with Crippen LogP contribution in [0.5, 0.6) is 11.5 Å². The summed E-state index contributed by atoms with van der Waals surface area (Å²) in [5, 5.41) is 0. The largest absolute Gasteiger partial charge is 0.493 e. The Labute approximate surface area is 175 Å². The molecule has 0 aliphatic carbocycles. The Morgan fingerprint density at radius 3 is 2.67 bits per heavy atom. The number of ether oxygens (including phenoxy) is 2. The van der Waals surface area contributed by atoms with Crippen LogP contribution in [0.4, 0.5) is 4.39 Å². The molecule has 0 spiro atoms. The second-order valence-corrected chi connectivity index (χ2v) is 8.68. The van der Waals surface area contributed by atoms with Gasteiger partial charge in [-0.3, -0.25) is 4.79 Å². The van der Waals surface area contributed by atoms with Crippen molar-refractivity contribution in [2.45, 2.75) is 25.5 Å². The number of carbonyl (C=O) groups is 1. The van der Waals surface area contributed by atoms with Gasteiger partial charge in [-0.25, -0.2) is 4.39 Å². The summed E-state index contributed by atoms with van der Waals surface area (Å²) in [6.45, 7) is 1.14. The molecule has 1 fully saturated rings. The second kappa shape index (κ2) is 9.44. The molecule has 0 bridgehead atoms. The van der Waals surface area contributed by atoms with Gasteiger partial charge in [0.1, 0.15) is 5.82 Å². The van der Waals surface area contributed by atoms with Gasteiger partial charge in [-0.15, -0.1) is 0 Å². The van der Waals surface area contributed by atoms with Crippen molar-refractivity contribution in [1.29, 1.82) is 0 Å². The standard InChI is InChI=1S/C21H24FNO6S/c1-27-19-9-8-15(11-20(19)29-30(2,25)26)13-23(14-18-7-4-10-28-18)21(24)16-5-3-6-17(22)12-16/h3,5-6,8-9,11-12,18H,4,7,10,13-14H2,1-2H3. The van der Waals surface area contributed by atoms with Crippen molar-refractivity contribution in [3.8, 4) is 11.5 Å². The third-order valence-corrected chi connectivity index (χ3v) is 5.13. The minimum atomic E-state index is -3.76. The summed E-state index contributed by atoms with van der Waals surface area (Å²) >= 11 is 0. The highest BCUT2D eigenvalue weighted by atomic mass is 32.2. The number of halogens is 1.